The number of Topliss-reactive ketones (excluding diaryl/α,β-unsaturated/α-hetero) is 1. The molecule has 0 bridgehead atoms. The number of aromatic amines is 2. The lowest BCUT2D eigenvalue weighted by atomic mass is 9.94. The Morgan fingerprint density at radius 2 is 1.93 bits per heavy atom. The molecule has 1 aliphatic heterocycles. The van der Waals surface area contributed by atoms with E-state index in [2.05, 4.69) is 20.2 Å². The third kappa shape index (κ3) is 2.90. The van der Waals surface area contributed by atoms with Crippen molar-refractivity contribution in [3.05, 3.63) is 59.5 Å². The van der Waals surface area contributed by atoms with Crippen LogP contribution < -0.4 is 0 Å². The van der Waals surface area contributed by atoms with Crippen LogP contribution in [0, 0.1) is 0 Å². The molecule has 28 heavy (non-hydrogen) atoms. The van der Waals surface area contributed by atoms with Crippen molar-refractivity contribution >= 4 is 27.7 Å². The minimum Gasteiger partial charge on any atom is -0.381 e. The third-order valence-electron chi connectivity index (χ3n) is 5.73. The maximum atomic E-state index is 12.9. The van der Waals surface area contributed by atoms with Crippen molar-refractivity contribution in [3.8, 4) is 0 Å². The van der Waals surface area contributed by atoms with Gasteiger partial charge < -0.3 is 9.72 Å². The molecule has 3 heterocycles. The van der Waals surface area contributed by atoms with Crippen molar-refractivity contribution in [1.82, 2.24) is 20.2 Å². The molecule has 2 N–H and O–H groups in total. The molecule has 0 unspecified atom stereocenters. The van der Waals surface area contributed by atoms with E-state index in [0.717, 1.165) is 59.2 Å². The first-order chi connectivity index (χ1) is 13.7. The zero-order chi connectivity index (χ0) is 19.1. The number of carbonyl (C=O) groups is 1. The van der Waals surface area contributed by atoms with Gasteiger partial charge in [-0.05, 0) is 30.5 Å². The molecule has 0 amide bonds. The van der Waals surface area contributed by atoms with Gasteiger partial charge in [0.15, 0.2) is 5.82 Å². The molecule has 2 aromatic heterocycles. The number of ether oxygens (including phenoxy) is 1. The maximum absolute atomic E-state index is 12.9. The van der Waals surface area contributed by atoms with Gasteiger partial charge in [-0.3, -0.25) is 9.89 Å². The fraction of sp³-hybridized carbons (Fsp3) is 0.318. The molecule has 1 fully saturated rings. The van der Waals surface area contributed by atoms with Crippen LogP contribution in [0.3, 0.4) is 0 Å². The van der Waals surface area contributed by atoms with Crippen molar-refractivity contribution < 1.29 is 9.53 Å². The maximum Gasteiger partial charge on any atom is 0.205 e. The highest BCUT2D eigenvalue weighted by Crippen LogP contribution is 2.32. The van der Waals surface area contributed by atoms with Crippen LogP contribution in [0.5, 0.6) is 0 Å². The number of rotatable bonds is 4. The summed E-state index contributed by atoms with van der Waals surface area (Å²) in [6.45, 7) is 3.47. The standard InChI is InChI=1S/C22H22N4O2/c1-13(14-5-3-2-4-6-14)21(27)22-23-18-11-16-17(12-19(18)24-22)25-26-20(16)15-7-9-28-10-8-15/h2-6,11-13,15H,7-10H2,1H3,(H,23,24)(H,25,26)/t13-/m0/s1. The number of carbonyl (C=O) groups excluding carboxylic acids is 1. The number of hydrogen-bond donors (Lipinski definition) is 2. The smallest absolute Gasteiger partial charge is 0.205 e. The number of benzene rings is 2. The summed E-state index contributed by atoms with van der Waals surface area (Å²) in [6, 6.07) is 13.8. The molecule has 6 nitrogen and oxygen atoms in total. The molecular weight excluding hydrogens is 352 g/mol. The largest absolute Gasteiger partial charge is 0.381 e. The SMILES string of the molecule is C[C@H](C(=O)c1nc2cc3c(C4CCOCC4)n[nH]c3cc2[nH]1)c1ccccc1. The average molecular weight is 374 g/mol. The van der Waals surface area contributed by atoms with E-state index in [9.17, 15) is 4.79 Å². The van der Waals surface area contributed by atoms with Gasteiger partial charge in [-0.2, -0.15) is 5.10 Å². The highest BCUT2D eigenvalue weighted by Gasteiger charge is 2.23. The van der Waals surface area contributed by atoms with Crippen LogP contribution in [0.2, 0.25) is 0 Å². The topological polar surface area (TPSA) is 83.7 Å². The van der Waals surface area contributed by atoms with Gasteiger partial charge in [-0.15, -0.1) is 0 Å². The fourth-order valence-corrected chi connectivity index (χ4v) is 4.04. The van der Waals surface area contributed by atoms with E-state index in [0.29, 0.717) is 11.7 Å². The predicted molar refractivity (Wildman–Crippen MR) is 108 cm³/mol. The van der Waals surface area contributed by atoms with Gasteiger partial charge >= 0.3 is 0 Å². The van der Waals surface area contributed by atoms with Crippen LogP contribution in [0.4, 0.5) is 0 Å². The molecule has 0 saturated carbocycles. The molecule has 0 spiro atoms. The summed E-state index contributed by atoms with van der Waals surface area (Å²) in [6.07, 6.45) is 1.97. The van der Waals surface area contributed by atoms with Crippen LogP contribution in [-0.4, -0.2) is 39.2 Å². The summed E-state index contributed by atoms with van der Waals surface area (Å²) in [5.41, 5.74) is 4.68. The molecule has 0 aliphatic carbocycles. The van der Waals surface area contributed by atoms with Crippen LogP contribution in [0.1, 0.15) is 53.5 Å². The average Bonchev–Trinajstić information content (AvgIpc) is 3.35. The second-order valence-electron chi connectivity index (χ2n) is 7.49. The van der Waals surface area contributed by atoms with Crippen LogP contribution >= 0.6 is 0 Å². The molecule has 142 valence electrons. The second-order valence-corrected chi connectivity index (χ2v) is 7.49. The Kier molecular flexibility index (Phi) is 4.20. The number of hydrogen-bond acceptors (Lipinski definition) is 4. The minimum absolute atomic E-state index is 0.00571. The number of aromatic nitrogens is 4. The normalized spacial score (nSPS) is 16.6. The summed E-state index contributed by atoms with van der Waals surface area (Å²) in [4.78, 5) is 20.7. The van der Waals surface area contributed by atoms with E-state index in [4.69, 9.17) is 4.74 Å². The van der Waals surface area contributed by atoms with Crippen molar-refractivity contribution in [2.75, 3.05) is 13.2 Å². The number of nitrogens with one attached hydrogen (secondary N) is 2. The first-order valence-electron chi connectivity index (χ1n) is 9.75. The number of imidazole rings is 1. The Balaban J connectivity index is 1.51. The molecule has 5 rings (SSSR count). The Labute approximate surface area is 162 Å². The third-order valence-corrected chi connectivity index (χ3v) is 5.73. The Bertz CT molecular complexity index is 1140. The number of H-pyrrole nitrogens is 2. The lowest BCUT2D eigenvalue weighted by molar-refractivity contribution is 0.0847. The second kappa shape index (κ2) is 6.87. The zero-order valence-electron chi connectivity index (χ0n) is 15.7. The van der Waals surface area contributed by atoms with Gasteiger partial charge in [0.2, 0.25) is 5.78 Å². The Hall–Kier alpha value is -2.99. The molecular formula is C22H22N4O2. The lowest BCUT2D eigenvalue weighted by Crippen LogP contribution is -2.14. The Morgan fingerprint density at radius 3 is 2.71 bits per heavy atom. The highest BCUT2D eigenvalue weighted by atomic mass is 16.5. The van der Waals surface area contributed by atoms with E-state index in [-0.39, 0.29) is 11.7 Å². The van der Waals surface area contributed by atoms with Gasteiger partial charge in [0.25, 0.3) is 0 Å². The molecule has 1 aliphatic rings. The van der Waals surface area contributed by atoms with Gasteiger partial charge in [-0.1, -0.05) is 37.3 Å². The van der Waals surface area contributed by atoms with E-state index in [1.165, 1.54) is 0 Å². The van der Waals surface area contributed by atoms with Crippen molar-refractivity contribution in [2.45, 2.75) is 31.6 Å². The van der Waals surface area contributed by atoms with Crippen molar-refractivity contribution in [2.24, 2.45) is 0 Å². The van der Waals surface area contributed by atoms with Gasteiger partial charge in [0.05, 0.1) is 22.2 Å². The molecule has 1 saturated heterocycles. The number of fused-ring (bicyclic) bond motifs is 2. The van der Waals surface area contributed by atoms with Crippen molar-refractivity contribution in [3.63, 3.8) is 0 Å². The lowest BCUT2D eigenvalue weighted by Gasteiger charge is -2.20. The summed E-state index contributed by atoms with van der Waals surface area (Å²) >= 11 is 0. The van der Waals surface area contributed by atoms with E-state index < -0.39 is 0 Å². The first-order valence-corrected chi connectivity index (χ1v) is 9.75. The zero-order valence-corrected chi connectivity index (χ0v) is 15.7. The minimum atomic E-state index is -0.244. The first kappa shape index (κ1) is 17.1. The molecule has 4 aromatic rings. The molecule has 1 atom stereocenters. The molecule has 2 aromatic carbocycles. The van der Waals surface area contributed by atoms with Gasteiger partial charge in [0, 0.05) is 30.4 Å². The van der Waals surface area contributed by atoms with Crippen LogP contribution in [0.15, 0.2) is 42.5 Å². The molecule has 6 heteroatoms. The Morgan fingerprint density at radius 1 is 1.14 bits per heavy atom. The van der Waals surface area contributed by atoms with Crippen molar-refractivity contribution in [1.29, 1.82) is 0 Å². The van der Waals surface area contributed by atoms with E-state index in [1.54, 1.807) is 0 Å². The quantitative estimate of drug-likeness (QED) is 0.521. The van der Waals surface area contributed by atoms with Crippen LogP contribution in [-0.2, 0) is 4.74 Å². The van der Waals surface area contributed by atoms with E-state index in [1.807, 2.05) is 49.4 Å². The molecule has 0 radical (unpaired) electrons. The monoisotopic (exact) mass is 374 g/mol. The summed E-state index contributed by atoms with van der Waals surface area (Å²) in [5.74, 6) is 0.553. The summed E-state index contributed by atoms with van der Waals surface area (Å²) in [7, 11) is 0. The highest BCUT2D eigenvalue weighted by molar-refractivity contribution is 6.02. The summed E-state index contributed by atoms with van der Waals surface area (Å²) < 4.78 is 5.48. The fourth-order valence-electron chi connectivity index (χ4n) is 4.04. The van der Waals surface area contributed by atoms with E-state index >= 15 is 0 Å². The number of ketones is 1. The van der Waals surface area contributed by atoms with Gasteiger partial charge in [0.1, 0.15) is 0 Å². The summed E-state index contributed by atoms with van der Waals surface area (Å²) in [5, 5.41) is 8.78. The predicted octanol–water partition coefficient (Wildman–Crippen LogP) is 4.32. The van der Waals surface area contributed by atoms with Crippen LogP contribution in [0.25, 0.3) is 21.9 Å². The van der Waals surface area contributed by atoms with Gasteiger partial charge in [-0.25, -0.2) is 4.98 Å². The number of nitrogens with zero attached hydrogens (tertiary/aromatic N) is 2.